The van der Waals surface area contributed by atoms with Crippen LogP contribution in [-0.4, -0.2) is 9.97 Å². The largest absolute Gasteiger partial charge is 0.261 e. The summed E-state index contributed by atoms with van der Waals surface area (Å²) < 4.78 is 0. The lowest BCUT2D eigenvalue weighted by molar-refractivity contribution is 0.906. The molecule has 0 spiro atoms. The Morgan fingerprint density at radius 2 is 0.674 bits per heavy atom. The van der Waals surface area contributed by atoms with Crippen LogP contribution in [0, 0.1) is 27.7 Å². The van der Waals surface area contributed by atoms with Crippen LogP contribution in [0.4, 0.5) is 0 Å². The fraction of sp³-hybridized carbons (Fsp3) is 0.227. The van der Waals surface area contributed by atoms with E-state index in [0.29, 0.717) is 0 Å². The van der Waals surface area contributed by atoms with Crippen LogP contribution in [-0.2, 0) is 38.5 Å². The molecule has 0 N–H and O–H groups in total. The SMILES string of the molecule is Cc1ccc(CCc2ccc(-c3ccc(C)cn3)cc2)cc1.Cc1ccc(CCc2ccc(CCc3ccc(C)cn3)cc2)cc1. The summed E-state index contributed by atoms with van der Waals surface area (Å²) in [5.74, 6) is 0. The molecule has 0 amide bonds. The number of hydrogen-bond acceptors (Lipinski definition) is 2. The molecule has 2 heterocycles. The molecule has 0 aliphatic heterocycles. The van der Waals surface area contributed by atoms with Crippen molar-refractivity contribution in [1.29, 1.82) is 0 Å². The van der Waals surface area contributed by atoms with E-state index in [1.54, 1.807) is 0 Å². The summed E-state index contributed by atoms with van der Waals surface area (Å²) in [5, 5.41) is 0. The molecular weight excluding hydrogens is 556 g/mol. The molecule has 0 fully saturated rings. The van der Waals surface area contributed by atoms with Gasteiger partial charge in [-0.1, -0.05) is 120 Å². The van der Waals surface area contributed by atoms with Crippen LogP contribution < -0.4 is 0 Å². The van der Waals surface area contributed by atoms with E-state index in [9.17, 15) is 0 Å². The Morgan fingerprint density at radius 3 is 1.07 bits per heavy atom. The summed E-state index contributed by atoms with van der Waals surface area (Å²) in [6, 6.07) is 43.9. The van der Waals surface area contributed by atoms with Crippen molar-refractivity contribution in [2.24, 2.45) is 0 Å². The van der Waals surface area contributed by atoms with Gasteiger partial charge in [0.15, 0.2) is 0 Å². The molecule has 0 atom stereocenters. The van der Waals surface area contributed by atoms with Crippen molar-refractivity contribution in [3.05, 3.63) is 189 Å². The number of aryl methyl sites for hydroxylation is 10. The minimum atomic E-state index is 1.00. The van der Waals surface area contributed by atoms with E-state index in [-0.39, 0.29) is 0 Å². The Morgan fingerprint density at radius 1 is 0.326 bits per heavy atom. The second kappa shape index (κ2) is 16.5. The first-order valence-corrected chi connectivity index (χ1v) is 16.5. The lowest BCUT2D eigenvalue weighted by atomic mass is 10.0. The molecule has 6 aromatic rings. The van der Waals surface area contributed by atoms with E-state index in [1.165, 1.54) is 61.3 Å². The molecule has 232 valence electrons. The molecule has 0 radical (unpaired) electrons. The average molecular weight is 603 g/mol. The van der Waals surface area contributed by atoms with E-state index in [0.717, 1.165) is 44.2 Å². The Labute approximate surface area is 276 Å². The predicted octanol–water partition coefficient (Wildman–Crippen LogP) is 10.4. The molecular formula is C44H46N2. The lowest BCUT2D eigenvalue weighted by Gasteiger charge is -2.06. The van der Waals surface area contributed by atoms with Crippen LogP contribution in [0.3, 0.4) is 0 Å². The van der Waals surface area contributed by atoms with Crippen molar-refractivity contribution >= 4 is 0 Å². The van der Waals surface area contributed by atoms with Gasteiger partial charge in [0.25, 0.3) is 0 Å². The fourth-order valence-corrected chi connectivity index (χ4v) is 5.36. The number of pyridine rings is 2. The molecule has 0 aliphatic carbocycles. The van der Waals surface area contributed by atoms with Gasteiger partial charge in [0, 0.05) is 23.7 Å². The van der Waals surface area contributed by atoms with Crippen LogP contribution in [0.25, 0.3) is 11.3 Å². The van der Waals surface area contributed by atoms with Crippen LogP contribution in [0.1, 0.15) is 55.8 Å². The van der Waals surface area contributed by atoms with Crippen molar-refractivity contribution in [2.45, 2.75) is 66.2 Å². The summed E-state index contributed by atoms with van der Waals surface area (Å²) in [6.45, 7) is 8.40. The van der Waals surface area contributed by atoms with Gasteiger partial charge >= 0.3 is 0 Å². The minimum Gasteiger partial charge on any atom is -0.261 e. The molecule has 4 aromatic carbocycles. The Bertz CT molecular complexity index is 1680. The maximum absolute atomic E-state index is 4.48. The maximum Gasteiger partial charge on any atom is 0.0702 e. The third-order valence-corrected chi connectivity index (χ3v) is 8.47. The second-order valence-electron chi connectivity index (χ2n) is 12.5. The smallest absolute Gasteiger partial charge is 0.0702 e. The van der Waals surface area contributed by atoms with Crippen LogP contribution in [0.5, 0.6) is 0 Å². The zero-order valence-electron chi connectivity index (χ0n) is 27.8. The molecule has 2 nitrogen and oxygen atoms in total. The van der Waals surface area contributed by atoms with Gasteiger partial charge in [-0.15, -0.1) is 0 Å². The highest BCUT2D eigenvalue weighted by molar-refractivity contribution is 5.59. The van der Waals surface area contributed by atoms with E-state index in [1.807, 2.05) is 12.4 Å². The number of aromatic nitrogens is 2. The van der Waals surface area contributed by atoms with E-state index in [4.69, 9.17) is 0 Å². The monoisotopic (exact) mass is 602 g/mol. The van der Waals surface area contributed by atoms with Crippen LogP contribution in [0.15, 0.2) is 134 Å². The molecule has 0 bridgehead atoms. The topological polar surface area (TPSA) is 25.8 Å². The molecule has 0 saturated carbocycles. The molecule has 6 rings (SSSR count). The van der Waals surface area contributed by atoms with E-state index in [2.05, 4.69) is 159 Å². The van der Waals surface area contributed by atoms with Gasteiger partial charge in [0.2, 0.25) is 0 Å². The van der Waals surface area contributed by atoms with Crippen molar-refractivity contribution in [3.8, 4) is 11.3 Å². The van der Waals surface area contributed by atoms with Gasteiger partial charge in [-0.25, -0.2) is 0 Å². The van der Waals surface area contributed by atoms with Crippen LogP contribution >= 0.6 is 0 Å². The predicted molar refractivity (Wildman–Crippen MR) is 194 cm³/mol. The van der Waals surface area contributed by atoms with Gasteiger partial charge in [0.1, 0.15) is 0 Å². The Kier molecular flexibility index (Phi) is 11.7. The quantitative estimate of drug-likeness (QED) is 0.156. The molecule has 0 aliphatic rings. The highest BCUT2D eigenvalue weighted by atomic mass is 14.7. The van der Waals surface area contributed by atoms with Gasteiger partial charge in [-0.2, -0.15) is 0 Å². The van der Waals surface area contributed by atoms with Crippen molar-refractivity contribution in [3.63, 3.8) is 0 Å². The highest BCUT2D eigenvalue weighted by Gasteiger charge is 2.02. The van der Waals surface area contributed by atoms with Gasteiger partial charge in [0.05, 0.1) is 5.69 Å². The summed E-state index contributed by atoms with van der Waals surface area (Å²) >= 11 is 0. The first-order valence-electron chi connectivity index (χ1n) is 16.5. The molecule has 2 heteroatoms. The summed E-state index contributed by atoms with van der Waals surface area (Å²) in [7, 11) is 0. The fourth-order valence-electron chi connectivity index (χ4n) is 5.36. The van der Waals surface area contributed by atoms with Crippen LogP contribution in [0.2, 0.25) is 0 Å². The second-order valence-corrected chi connectivity index (χ2v) is 12.5. The van der Waals surface area contributed by atoms with Crippen molar-refractivity contribution < 1.29 is 0 Å². The van der Waals surface area contributed by atoms with Crippen molar-refractivity contribution in [1.82, 2.24) is 9.97 Å². The van der Waals surface area contributed by atoms with Gasteiger partial charge in [-0.05, 0) is 117 Å². The molecule has 0 unspecified atom stereocenters. The zero-order valence-corrected chi connectivity index (χ0v) is 27.8. The lowest BCUT2D eigenvalue weighted by Crippen LogP contribution is -1.96. The number of benzene rings is 4. The molecule has 46 heavy (non-hydrogen) atoms. The van der Waals surface area contributed by atoms with Gasteiger partial charge in [-0.3, -0.25) is 9.97 Å². The van der Waals surface area contributed by atoms with E-state index >= 15 is 0 Å². The van der Waals surface area contributed by atoms with Gasteiger partial charge < -0.3 is 0 Å². The summed E-state index contributed by atoms with van der Waals surface area (Å²) in [6.07, 6.45) is 10.3. The number of nitrogens with zero attached hydrogens (tertiary/aromatic N) is 2. The zero-order chi connectivity index (χ0) is 32.1. The Hall–Kier alpha value is -4.82. The summed E-state index contributed by atoms with van der Waals surface area (Å²) in [5.41, 5.74) is 15.4. The normalized spacial score (nSPS) is 10.7. The third-order valence-electron chi connectivity index (χ3n) is 8.47. The van der Waals surface area contributed by atoms with E-state index < -0.39 is 0 Å². The highest BCUT2D eigenvalue weighted by Crippen LogP contribution is 2.19. The minimum absolute atomic E-state index is 1.00. The Balaban J connectivity index is 0.000000182. The third kappa shape index (κ3) is 10.4. The number of hydrogen-bond donors (Lipinski definition) is 0. The molecule has 2 aromatic heterocycles. The average Bonchev–Trinajstić information content (AvgIpc) is 3.09. The standard InChI is InChI=1S/C23H25N.C21H21N/c1-18-3-6-20(7-4-18)8-9-21-10-12-22(13-11-21)14-16-23-15-5-19(2)17-24-23;1-16-3-6-18(7-4-16)8-9-19-10-12-20(13-11-19)21-14-5-17(2)15-22-21/h3-7,10-13,15,17H,8-9,14,16H2,1-2H3;3-7,10-15H,8-9H2,1-2H3. The summed E-state index contributed by atoms with van der Waals surface area (Å²) in [4.78, 5) is 8.96. The first kappa shape index (κ1) is 32.6. The molecule has 0 saturated heterocycles. The maximum atomic E-state index is 4.48. The first-order chi connectivity index (χ1) is 22.4. The van der Waals surface area contributed by atoms with Crippen molar-refractivity contribution in [2.75, 3.05) is 0 Å². The number of rotatable bonds is 10.